The normalized spacial score (nSPS) is 49.5. The number of aliphatic hydroxyl groups is 2. The zero-order valence-electron chi connectivity index (χ0n) is 11.3. The van der Waals surface area contributed by atoms with E-state index >= 15 is 0 Å². The Bertz CT molecular complexity index is 418. The third kappa shape index (κ3) is 1.77. The van der Waals surface area contributed by atoms with Crippen LogP contribution < -0.4 is 0 Å². The van der Waals surface area contributed by atoms with Gasteiger partial charge in [0.1, 0.15) is 6.10 Å². The van der Waals surface area contributed by atoms with Crippen LogP contribution in [0.2, 0.25) is 0 Å². The molecule has 106 valence electrons. The van der Waals surface area contributed by atoms with Crippen LogP contribution in [0, 0.1) is 23.7 Å². The largest absolute Gasteiger partial charge is 0.461 e. The summed E-state index contributed by atoms with van der Waals surface area (Å²) < 4.78 is 5.59. The number of ether oxygens (including phenoxy) is 1. The molecule has 6 atom stereocenters. The van der Waals surface area contributed by atoms with Gasteiger partial charge in [0.05, 0.1) is 18.1 Å². The topological polar surface area (TPSA) is 66.8 Å². The zero-order chi connectivity index (χ0) is 13.8. The van der Waals surface area contributed by atoms with Gasteiger partial charge in [-0.3, -0.25) is 4.79 Å². The second-order valence-electron chi connectivity index (χ2n) is 6.48. The van der Waals surface area contributed by atoms with Crippen molar-refractivity contribution in [2.75, 3.05) is 6.61 Å². The molecule has 4 heteroatoms. The van der Waals surface area contributed by atoms with Gasteiger partial charge in [-0.05, 0) is 25.7 Å². The summed E-state index contributed by atoms with van der Waals surface area (Å²) in [5.74, 6) is -0.102. The van der Waals surface area contributed by atoms with E-state index in [-0.39, 0.29) is 42.4 Å². The fourth-order valence-electron chi connectivity index (χ4n) is 4.38. The van der Waals surface area contributed by atoms with Crippen molar-refractivity contribution in [3.8, 4) is 0 Å². The lowest BCUT2D eigenvalue weighted by atomic mass is 9.77. The molecule has 0 amide bonds. The average molecular weight is 266 g/mol. The van der Waals surface area contributed by atoms with Gasteiger partial charge >= 0.3 is 5.97 Å². The number of hydrogen-bond donors (Lipinski definition) is 2. The number of carbonyl (C=O) groups excluding carboxylic acids is 1. The van der Waals surface area contributed by atoms with Crippen LogP contribution in [-0.4, -0.2) is 34.5 Å². The van der Waals surface area contributed by atoms with Crippen LogP contribution in [0.3, 0.4) is 0 Å². The summed E-state index contributed by atoms with van der Waals surface area (Å²) in [4.78, 5) is 11.8. The van der Waals surface area contributed by atoms with E-state index in [1.807, 2.05) is 6.92 Å². The second-order valence-corrected chi connectivity index (χ2v) is 6.48. The summed E-state index contributed by atoms with van der Waals surface area (Å²) in [6.07, 6.45) is 2.81. The molecule has 0 spiro atoms. The Morgan fingerprint density at radius 1 is 1.47 bits per heavy atom. The summed E-state index contributed by atoms with van der Waals surface area (Å²) in [7, 11) is 0. The SMILES string of the molecule is C=C1CC[C@@H]2[C@H]1[C@H]1OC(=O)[C@H](C)[C@@H]1CC[C@@]2(O)CO. The molecular weight excluding hydrogens is 244 g/mol. The van der Waals surface area contributed by atoms with Crippen molar-refractivity contribution in [3.05, 3.63) is 12.2 Å². The van der Waals surface area contributed by atoms with Crippen molar-refractivity contribution in [1.82, 2.24) is 0 Å². The minimum Gasteiger partial charge on any atom is -0.461 e. The minimum atomic E-state index is -1.04. The predicted molar refractivity (Wildman–Crippen MR) is 69.2 cm³/mol. The van der Waals surface area contributed by atoms with Gasteiger partial charge in [0.25, 0.3) is 0 Å². The molecule has 3 fully saturated rings. The number of fused-ring (bicyclic) bond motifs is 3. The molecule has 0 aromatic rings. The van der Waals surface area contributed by atoms with E-state index in [1.54, 1.807) is 0 Å². The van der Waals surface area contributed by atoms with Crippen LogP contribution in [0.15, 0.2) is 12.2 Å². The standard InChI is InChI=1S/C15H22O4/c1-8-3-4-11-12(8)13-10(9(2)14(17)19-13)5-6-15(11,18)7-16/h9-13,16,18H,1,3-7H2,2H3/t9-,10+,11-,12+,13+,15-/m1/s1. The third-order valence-corrected chi connectivity index (χ3v) is 5.60. The molecule has 2 saturated carbocycles. The summed E-state index contributed by atoms with van der Waals surface area (Å²) >= 11 is 0. The number of carbonyl (C=O) groups is 1. The van der Waals surface area contributed by atoms with E-state index in [2.05, 4.69) is 6.58 Å². The van der Waals surface area contributed by atoms with Crippen LogP contribution in [0.5, 0.6) is 0 Å². The number of esters is 1. The highest BCUT2D eigenvalue weighted by Gasteiger charge is 2.57. The van der Waals surface area contributed by atoms with E-state index in [4.69, 9.17) is 4.74 Å². The second kappa shape index (κ2) is 4.32. The number of rotatable bonds is 1. The third-order valence-electron chi connectivity index (χ3n) is 5.60. The maximum Gasteiger partial charge on any atom is 0.309 e. The first kappa shape index (κ1) is 13.1. The Morgan fingerprint density at radius 2 is 2.21 bits per heavy atom. The van der Waals surface area contributed by atoms with E-state index in [0.717, 1.165) is 24.8 Å². The molecule has 3 rings (SSSR count). The van der Waals surface area contributed by atoms with Gasteiger partial charge in [-0.1, -0.05) is 19.1 Å². The molecule has 19 heavy (non-hydrogen) atoms. The van der Waals surface area contributed by atoms with E-state index in [0.29, 0.717) is 6.42 Å². The lowest BCUT2D eigenvalue weighted by Crippen LogP contribution is -2.44. The molecule has 0 unspecified atom stereocenters. The van der Waals surface area contributed by atoms with Gasteiger partial charge in [0.2, 0.25) is 0 Å². The summed E-state index contributed by atoms with van der Waals surface area (Å²) in [6.45, 7) is 5.79. The maximum absolute atomic E-state index is 11.8. The Labute approximate surface area is 113 Å². The van der Waals surface area contributed by atoms with Crippen LogP contribution in [0.4, 0.5) is 0 Å². The summed E-state index contributed by atoms with van der Waals surface area (Å²) in [6, 6.07) is 0. The fourth-order valence-corrected chi connectivity index (χ4v) is 4.38. The van der Waals surface area contributed by atoms with Crippen LogP contribution in [0.1, 0.15) is 32.6 Å². The Hall–Kier alpha value is -0.870. The molecule has 1 aliphatic heterocycles. The molecule has 1 heterocycles. The summed E-state index contributed by atoms with van der Waals surface area (Å²) in [5, 5.41) is 20.3. The molecule has 0 bridgehead atoms. The minimum absolute atomic E-state index is 0.0125. The van der Waals surface area contributed by atoms with Gasteiger partial charge in [-0.2, -0.15) is 0 Å². The van der Waals surface area contributed by atoms with E-state index < -0.39 is 5.60 Å². The Morgan fingerprint density at radius 3 is 2.89 bits per heavy atom. The molecule has 0 aromatic carbocycles. The Kier molecular flexibility index (Phi) is 2.98. The first-order chi connectivity index (χ1) is 8.98. The highest BCUT2D eigenvalue weighted by molar-refractivity contribution is 5.75. The smallest absolute Gasteiger partial charge is 0.309 e. The number of hydrogen-bond acceptors (Lipinski definition) is 4. The zero-order valence-corrected chi connectivity index (χ0v) is 11.3. The molecule has 0 radical (unpaired) electrons. The van der Waals surface area contributed by atoms with Crippen LogP contribution in [0.25, 0.3) is 0 Å². The molecular formula is C15H22O4. The summed E-state index contributed by atoms with van der Waals surface area (Å²) in [5.41, 5.74) is 0.0243. The van der Waals surface area contributed by atoms with E-state index in [1.165, 1.54) is 0 Å². The van der Waals surface area contributed by atoms with Gasteiger partial charge in [-0.25, -0.2) is 0 Å². The molecule has 4 nitrogen and oxygen atoms in total. The first-order valence-corrected chi connectivity index (χ1v) is 7.19. The quantitative estimate of drug-likeness (QED) is 0.554. The highest BCUT2D eigenvalue weighted by atomic mass is 16.6. The van der Waals surface area contributed by atoms with Crippen molar-refractivity contribution in [3.63, 3.8) is 0 Å². The molecule has 1 saturated heterocycles. The van der Waals surface area contributed by atoms with Crippen molar-refractivity contribution in [2.45, 2.75) is 44.3 Å². The number of aliphatic hydroxyl groups excluding tert-OH is 1. The average Bonchev–Trinajstić information content (AvgIpc) is 2.86. The van der Waals surface area contributed by atoms with E-state index in [9.17, 15) is 15.0 Å². The van der Waals surface area contributed by atoms with Crippen molar-refractivity contribution in [1.29, 1.82) is 0 Å². The Balaban J connectivity index is 1.99. The van der Waals surface area contributed by atoms with Crippen molar-refractivity contribution >= 4 is 5.97 Å². The van der Waals surface area contributed by atoms with Crippen molar-refractivity contribution < 1.29 is 19.7 Å². The highest BCUT2D eigenvalue weighted by Crippen LogP contribution is 2.53. The molecule has 3 aliphatic rings. The molecule has 0 aromatic heterocycles. The molecule has 2 aliphatic carbocycles. The van der Waals surface area contributed by atoms with Gasteiger partial charge in [-0.15, -0.1) is 0 Å². The fraction of sp³-hybridized carbons (Fsp3) is 0.800. The molecule has 2 N–H and O–H groups in total. The lowest BCUT2D eigenvalue weighted by molar-refractivity contribution is -0.147. The van der Waals surface area contributed by atoms with Gasteiger partial charge < -0.3 is 14.9 Å². The lowest BCUT2D eigenvalue weighted by Gasteiger charge is -2.35. The van der Waals surface area contributed by atoms with Gasteiger partial charge in [0.15, 0.2) is 0 Å². The van der Waals surface area contributed by atoms with Crippen molar-refractivity contribution in [2.24, 2.45) is 23.7 Å². The first-order valence-electron chi connectivity index (χ1n) is 7.19. The monoisotopic (exact) mass is 266 g/mol. The predicted octanol–water partition coefficient (Wildman–Crippen LogP) is 1.26. The van der Waals surface area contributed by atoms with Crippen LogP contribution >= 0.6 is 0 Å². The van der Waals surface area contributed by atoms with Gasteiger partial charge in [0, 0.05) is 17.8 Å². The van der Waals surface area contributed by atoms with Crippen LogP contribution in [-0.2, 0) is 9.53 Å². The maximum atomic E-state index is 11.8.